The lowest BCUT2D eigenvalue weighted by Gasteiger charge is -2.46. The molecule has 4 aliphatic heterocycles. The SMILES string of the molecule is CC(=O)OCC1OC2OC(C)CCCCCCC=CCCCCCCCC(=O)OC3C(CO)OC(OC2C(O)C1O)C(O)C3O. The van der Waals surface area contributed by atoms with Crippen molar-refractivity contribution < 1.29 is 63.5 Å². The first-order valence-electron chi connectivity index (χ1n) is 16.5. The maximum absolute atomic E-state index is 12.6. The molecule has 0 saturated carbocycles. The number of rotatable bonds is 3. The topological polar surface area (TPSA) is 191 Å². The van der Waals surface area contributed by atoms with Gasteiger partial charge in [0.1, 0.15) is 49.3 Å². The lowest BCUT2D eigenvalue weighted by Crippen LogP contribution is -2.65. The summed E-state index contributed by atoms with van der Waals surface area (Å²) in [7, 11) is 0. The van der Waals surface area contributed by atoms with E-state index in [-0.39, 0.29) is 19.1 Å². The average Bonchev–Trinajstić information content (AvgIpc) is 3.00. The molecule has 11 atom stereocenters. The van der Waals surface area contributed by atoms with Gasteiger partial charge in [0, 0.05) is 13.3 Å². The van der Waals surface area contributed by atoms with Crippen LogP contribution >= 0.6 is 0 Å². The van der Waals surface area contributed by atoms with Gasteiger partial charge in [-0.15, -0.1) is 0 Å². The Morgan fingerprint density at radius 3 is 2.02 bits per heavy atom. The summed E-state index contributed by atoms with van der Waals surface area (Å²) in [5.74, 6) is -1.18. The Morgan fingerprint density at radius 1 is 0.756 bits per heavy atom. The van der Waals surface area contributed by atoms with E-state index in [0.29, 0.717) is 12.8 Å². The van der Waals surface area contributed by atoms with Gasteiger partial charge < -0.3 is 54.0 Å². The smallest absolute Gasteiger partial charge is 0.306 e. The normalized spacial score (nSPS) is 39.0. The average molecular weight is 647 g/mol. The van der Waals surface area contributed by atoms with Crippen LogP contribution < -0.4 is 0 Å². The van der Waals surface area contributed by atoms with Gasteiger partial charge in [-0.25, -0.2) is 0 Å². The minimum Gasteiger partial charge on any atom is -0.463 e. The first-order chi connectivity index (χ1) is 21.6. The van der Waals surface area contributed by atoms with Crippen LogP contribution in [0.1, 0.15) is 97.3 Å². The van der Waals surface area contributed by atoms with Crippen LogP contribution in [-0.4, -0.2) is 118 Å². The number of carbonyl (C=O) groups is 2. The molecule has 2 bridgehead atoms. The van der Waals surface area contributed by atoms with E-state index in [1.54, 1.807) is 0 Å². The van der Waals surface area contributed by atoms with E-state index in [2.05, 4.69) is 12.2 Å². The lowest BCUT2D eigenvalue weighted by atomic mass is 9.97. The fourth-order valence-electron chi connectivity index (χ4n) is 5.82. The molecule has 13 heteroatoms. The van der Waals surface area contributed by atoms with E-state index in [0.717, 1.165) is 64.2 Å². The predicted octanol–water partition coefficient (Wildman–Crippen LogP) is 1.78. The number of esters is 2. The zero-order chi connectivity index (χ0) is 32.8. The summed E-state index contributed by atoms with van der Waals surface area (Å²) in [5.41, 5.74) is 0. The molecule has 45 heavy (non-hydrogen) atoms. The molecule has 4 heterocycles. The molecule has 2 saturated heterocycles. The van der Waals surface area contributed by atoms with Crippen molar-refractivity contribution in [3.8, 4) is 0 Å². The number of ether oxygens (including phenoxy) is 6. The Kier molecular flexibility index (Phi) is 16.7. The number of hydrogen-bond acceptors (Lipinski definition) is 13. The molecule has 0 spiro atoms. The van der Waals surface area contributed by atoms with Gasteiger partial charge in [-0.05, 0) is 45.4 Å². The van der Waals surface area contributed by atoms with Crippen LogP contribution in [0.5, 0.6) is 0 Å². The molecular formula is C32H54O13. The van der Waals surface area contributed by atoms with Crippen molar-refractivity contribution in [3.05, 3.63) is 12.2 Å². The summed E-state index contributed by atoms with van der Waals surface area (Å²) in [5, 5.41) is 53.6. The third-order valence-corrected chi connectivity index (χ3v) is 8.49. The molecule has 0 aromatic carbocycles. The monoisotopic (exact) mass is 646 g/mol. The van der Waals surface area contributed by atoms with E-state index in [1.807, 2.05) is 6.92 Å². The third-order valence-electron chi connectivity index (χ3n) is 8.49. The second-order valence-corrected chi connectivity index (χ2v) is 12.3. The van der Waals surface area contributed by atoms with Crippen LogP contribution in [0.15, 0.2) is 12.2 Å². The maximum atomic E-state index is 12.6. The first kappa shape index (κ1) is 37.8. The van der Waals surface area contributed by atoms with E-state index >= 15 is 0 Å². The van der Waals surface area contributed by atoms with Gasteiger partial charge >= 0.3 is 11.9 Å². The van der Waals surface area contributed by atoms with E-state index < -0.39 is 80.0 Å². The van der Waals surface area contributed by atoms with Crippen LogP contribution in [0.2, 0.25) is 0 Å². The molecule has 5 N–H and O–H groups in total. The standard InChI is InChI=1S/C32H54O13/c1-20-16-14-12-10-8-6-4-3-5-7-9-11-13-15-17-24(35)44-29-22(18-33)42-31(28(39)27(29)38)45-30-26(37)25(36)23(19-40-21(2)34)43-32(30)41-20/h3-4,20,22-23,25-33,36-39H,5-19H2,1-2H3. The quantitative estimate of drug-likeness (QED) is 0.221. The highest BCUT2D eigenvalue weighted by molar-refractivity contribution is 5.69. The Balaban J connectivity index is 1.75. The van der Waals surface area contributed by atoms with E-state index in [9.17, 15) is 35.1 Å². The second kappa shape index (κ2) is 19.9. The van der Waals surface area contributed by atoms with Crippen LogP contribution in [0.25, 0.3) is 0 Å². The maximum Gasteiger partial charge on any atom is 0.306 e. The van der Waals surface area contributed by atoms with Gasteiger partial charge in [-0.2, -0.15) is 0 Å². The van der Waals surface area contributed by atoms with Gasteiger partial charge in [0.25, 0.3) is 0 Å². The summed E-state index contributed by atoms with van der Waals surface area (Å²) in [6, 6.07) is 0. The highest BCUT2D eigenvalue weighted by atomic mass is 16.8. The van der Waals surface area contributed by atoms with Gasteiger partial charge in [-0.1, -0.05) is 50.7 Å². The molecule has 13 nitrogen and oxygen atoms in total. The van der Waals surface area contributed by atoms with Crippen molar-refractivity contribution in [1.29, 1.82) is 0 Å². The highest BCUT2D eigenvalue weighted by Crippen LogP contribution is 2.32. The Labute approximate surface area is 265 Å². The Hall–Kier alpha value is -1.68. The molecule has 0 radical (unpaired) electrons. The number of carbonyl (C=O) groups excluding carboxylic acids is 2. The molecule has 260 valence electrons. The van der Waals surface area contributed by atoms with Gasteiger partial charge in [0.15, 0.2) is 18.7 Å². The van der Waals surface area contributed by atoms with Crippen LogP contribution in [-0.2, 0) is 38.0 Å². The molecule has 0 amide bonds. The van der Waals surface area contributed by atoms with E-state index in [4.69, 9.17) is 28.4 Å². The lowest BCUT2D eigenvalue weighted by molar-refractivity contribution is -0.371. The number of allylic oxidation sites excluding steroid dienone is 2. The van der Waals surface area contributed by atoms with Crippen molar-refractivity contribution in [2.45, 2.75) is 165 Å². The number of aliphatic hydroxyl groups is 5. The largest absolute Gasteiger partial charge is 0.463 e. The van der Waals surface area contributed by atoms with Crippen LogP contribution in [0.4, 0.5) is 0 Å². The number of fused-ring (bicyclic) bond motifs is 19. The van der Waals surface area contributed by atoms with Crippen molar-refractivity contribution in [2.24, 2.45) is 0 Å². The Morgan fingerprint density at radius 2 is 1.36 bits per heavy atom. The van der Waals surface area contributed by atoms with Crippen LogP contribution in [0, 0.1) is 0 Å². The molecule has 0 aromatic heterocycles. The third kappa shape index (κ3) is 12.1. The number of hydrogen-bond donors (Lipinski definition) is 5. The predicted molar refractivity (Wildman–Crippen MR) is 160 cm³/mol. The Bertz CT molecular complexity index is 898. The fourth-order valence-corrected chi connectivity index (χ4v) is 5.82. The molecule has 4 aliphatic rings. The van der Waals surface area contributed by atoms with Crippen molar-refractivity contribution in [2.75, 3.05) is 13.2 Å². The van der Waals surface area contributed by atoms with Gasteiger partial charge in [0.05, 0.1) is 12.7 Å². The zero-order valence-electron chi connectivity index (χ0n) is 26.6. The second-order valence-electron chi connectivity index (χ2n) is 12.3. The molecular weight excluding hydrogens is 592 g/mol. The molecule has 2 fully saturated rings. The highest BCUT2D eigenvalue weighted by Gasteiger charge is 2.52. The molecule has 0 aromatic rings. The minimum atomic E-state index is -1.75. The van der Waals surface area contributed by atoms with Gasteiger partial charge in [0.2, 0.25) is 0 Å². The van der Waals surface area contributed by atoms with Crippen LogP contribution in [0.3, 0.4) is 0 Å². The van der Waals surface area contributed by atoms with Crippen molar-refractivity contribution in [1.82, 2.24) is 0 Å². The summed E-state index contributed by atoms with van der Waals surface area (Å²) in [4.78, 5) is 23.9. The zero-order valence-corrected chi connectivity index (χ0v) is 26.6. The van der Waals surface area contributed by atoms with Crippen molar-refractivity contribution >= 4 is 11.9 Å². The first-order valence-corrected chi connectivity index (χ1v) is 16.5. The summed E-state index contributed by atoms with van der Waals surface area (Å²) >= 11 is 0. The fraction of sp³-hybridized carbons (Fsp3) is 0.875. The minimum absolute atomic E-state index is 0.118. The number of aliphatic hydroxyl groups excluding tert-OH is 5. The summed E-state index contributed by atoms with van der Waals surface area (Å²) in [6.45, 7) is 2.04. The van der Waals surface area contributed by atoms with Gasteiger partial charge in [-0.3, -0.25) is 9.59 Å². The molecule has 4 rings (SSSR count). The molecule has 0 aliphatic carbocycles. The molecule has 11 unspecified atom stereocenters. The van der Waals surface area contributed by atoms with Crippen molar-refractivity contribution in [3.63, 3.8) is 0 Å². The summed E-state index contributed by atoms with van der Waals surface area (Å²) in [6.07, 6.45) is 0.998. The van der Waals surface area contributed by atoms with E-state index in [1.165, 1.54) is 6.92 Å². The summed E-state index contributed by atoms with van der Waals surface area (Å²) < 4.78 is 34.1.